The van der Waals surface area contributed by atoms with E-state index in [2.05, 4.69) is 15.4 Å². The van der Waals surface area contributed by atoms with Crippen LogP contribution in [0.2, 0.25) is 0 Å². The highest BCUT2D eigenvalue weighted by atomic mass is 19.3. The van der Waals surface area contributed by atoms with Crippen molar-refractivity contribution in [2.24, 2.45) is 5.41 Å². The molecule has 0 aromatic carbocycles. The first-order valence-electron chi connectivity index (χ1n) is 9.01. The normalized spacial score (nSPS) is 17.1. The molecule has 0 saturated heterocycles. The van der Waals surface area contributed by atoms with Crippen LogP contribution in [0.15, 0.2) is 18.6 Å². The van der Waals surface area contributed by atoms with Crippen LogP contribution in [0, 0.1) is 10.6 Å². The molecule has 0 fully saturated rings. The monoisotopic (exact) mass is 395 g/mol. The molecule has 1 amide bonds. The number of nitrogens with one attached hydrogen (secondary N) is 1. The van der Waals surface area contributed by atoms with E-state index in [0.717, 1.165) is 17.1 Å². The number of hydrogen-bond acceptors (Lipinski definition) is 5. The SMILES string of the molecule is CC(C)(C)[C@@H](CO)NC(=O)c1nn(-c2c[n+]([O-])ccn2)c2c1CCCC2(F)F. The molecular weight excluding hydrogens is 372 g/mol. The highest BCUT2D eigenvalue weighted by Gasteiger charge is 2.44. The lowest BCUT2D eigenvalue weighted by Gasteiger charge is -2.29. The average molecular weight is 395 g/mol. The zero-order valence-corrected chi connectivity index (χ0v) is 15.9. The Morgan fingerprint density at radius 3 is 2.82 bits per heavy atom. The van der Waals surface area contributed by atoms with Gasteiger partial charge < -0.3 is 15.6 Å². The Kier molecular flexibility index (Phi) is 5.09. The van der Waals surface area contributed by atoms with Crippen LogP contribution in [-0.4, -0.2) is 38.4 Å². The summed E-state index contributed by atoms with van der Waals surface area (Å²) in [6, 6.07) is -0.580. The molecule has 10 heteroatoms. The van der Waals surface area contributed by atoms with Crippen LogP contribution in [0.4, 0.5) is 8.78 Å². The molecule has 2 N–H and O–H groups in total. The van der Waals surface area contributed by atoms with E-state index in [1.807, 2.05) is 20.8 Å². The Bertz CT molecular complexity index is 892. The quantitative estimate of drug-likeness (QED) is 0.602. The van der Waals surface area contributed by atoms with E-state index in [4.69, 9.17) is 0 Å². The van der Waals surface area contributed by atoms with Gasteiger partial charge in [0.15, 0.2) is 11.9 Å². The van der Waals surface area contributed by atoms with Gasteiger partial charge in [-0.3, -0.25) is 4.79 Å². The van der Waals surface area contributed by atoms with Crippen molar-refractivity contribution < 1.29 is 23.4 Å². The predicted molar refractivity (Wildman–Crippen MR) is 94.9 cm³/mol. The summed E-state index contributed by atoms with van der Waals surface area (Å²) in [5, 5.41) is 27.9. The summed E-state index contributed by atoms with van der Waals surface area (Å²) in [7, 11) is 0. The lowest BCUT2D eigenvalue weighted by atomic mass is 9.87. The number of nitrogens with zero attached hydrogens (tertiary/aromatic N) is 4. The highest BCUT2D eigenvalue weighted by Crippen LogP contribution is 2.42. The maximum atomic E-state index is 14.7. The minimum atomic E-state index is -3.20. The van der Waals surface area contributed by atoms with Crippen molar-refractivity contribution in [3.63, 3.8) is 0 Å². The van der Waals surface area contributed by atoms with Crippen molar-refractivity contribution in [2.75, 3.05) is 6.61 Å². The molecule has 2 heterocycles. The molecule has 0 bridgehead atoms. The maximum Gasteiger partial charge on any atom is 0.290 e. The van der Waals surface area contributed by atoms with Crippen molar-refractivity contribution in [3.8, 4) is 5.82 Å². The molecule has 1 aliphatic carbocycles. The fourth-order valence-electron chi connectivity index (χ4n) is 3.25. The fraction of sp³-hybridized carbons (Fsp3) is 0.556. The molecule has 28 heavy (non-hydrogen) atoms. The molecule has 2 aromatic rings. The molecule has 1 aliphatic rings. The first-order valence-corrected chi connectivity index (χ1v) is 9.01. The van der Waals surface area contributed by atoms with Crippen LogP contribution < -0.4 is 10.0 Å². The van der Waals surface area contributed by atoms with Gasteiger partial charge in [0.05, 0.1) is 18.8 Å². The van der Waals surface area contributed by atoms with Crippen LogP contribution in [0.25, 0.3) is 5.82 Å². The topological polar surface area (TPSA) is 107 Å². The van der Waals surface area contributed by atoms with Gasteiger partial charge in [-0.25, -0.2) is 9.67 Å². The van der Waals surface area contributed by atoms with E-state index in [1.165, 1.54) is 6.20 Å². The van der Waals surface area contributed by atoms with E-state index < -0.39 is 29.0 Å². The summed E-state index contributed by atoms with van der Waals surface area (Å²) < 4.78 is 30.7. The Labute approximate surface area is 160 Å². The lowest BCUT2D eigenvalue weighted by Crippen LogP contribution is -2.46. The van der Waals surface area contributed by atoms with Crippen molar-refractivity contribution in [3.05, 3.63) is 40.7 Å². The smallest absolute Gasteiger partial charge is 0.290 e. The molecule has 2 aromatic heterocycles. The molecule has 0 aliphatic heterocycles. The van der Waals surface area contributed by atoms with E-state index in [0.29, 0.717) is 4.73 Å². The number of fused-ring (bicyclic) bond motifs is 1. The second-order valence-electron chi connectivity index (χ2n) is 7.99. The molecule has 3 rings (SSSR count). The van der Waals surface area contributed by atoms with Gasteiger partial charge in [0.1, 0.15) is 5.69 Å². The van der Waals surface area contributed by atoms with Gasteiger partial charge in [-0.15, -0.1) is 0 Å². The van der Waals surface area contributed by atoms with Gasteiger partial charge in [0.2, 0.25) is 12.0 Å². The van der Waals surface area contributed by atoms with Crippen molar-refractivity contribution in [1.29, 1.82) is 0 Å². The van der Waals surface area contributed by atoms with Crippen LogP contribution in [-0.2, 0) is 12.3 Å². The maximum absolute atomic E-state index is 14.7. The first-order chi connectivity index (χ1) is 13.0. The summed E-state index contributed by atoms with van der Waals surface area (Å²) >= 11 is 0. The van der Waals surface area contributed by atoms with E-state index >= 15 is 0 Å². The Morgan fingerprint density at radius 2 is 2.21 bits per heavy atom. The van der Waals surface area contributed by atoms with Crippen LogP contribution in [0.3, 0.4) is 0 Å². The van der Waals surface area contributed by atoms with Crippen LogP contribution in [0.1, 0.15) is 55.4 Å². The predicted octanol–water partition coefficient (Wildman–Crippen LogP) is 1.47. The number of carbonyl (C=O) groups is 1. The number of halogens is 2. The van der Waals surface area contributed by atoms with Crippen molar-refractivity contribution >= 4 is 5.91 Å². The molecule has 8 nitrogen and oxygen atoms in total. The zero-order chi connectivity index (χ0) is 20.7. The fourth-order valence-corrected chi connectivity index (χ4v) is 3.25. The number of aliphatic hydroxyl groups excluding tert-OH is 1. The second kappa shape index (κ2) is 7.08. The Morgan fingerprint density at radius 1 is 1.50 bits per heavy atom. The van der Waals surface area contributed by atoms with Gasteiger partial charge >= 0.3 is 0 Å². The Hall–Kier alpha value is -2.62. The summed E-state index contributed by atoms with van der Waals surface area (Å²) in [5.41, 5.74) is -0.854. The molecule has 1 atom stereocenters. The van der Waals surface area contributed by atoms with E-state index in [-0.39, 0.29) is 42.9 Å². The number of amides is 1. The first kappa shape index (κ1) is 20.1. The minimum absolute atomic E-state index is 0.0936. The van der Waals surface area contributed by atoms with E-state index in [1.54, 1.807) is 0 Å². The lowest BCUT2D eigenvalue weighted by molar-refractivity contribution is -0.605. The summed E-state index contributed by atoms with van der Waals surface area (Å²) in [5.74, 6) is -3.94. The van der Waals surface area contributed by atoms with Gasteiger partial charge in [0.25, 0.3) is 11.8 Å². The standard InChI is InChI=1S/C18H23F2N5O3/c1-17(2,3)12(10-26)22-16(27)14-11-5-4-6-18(19,20)15(11)25(23-14)13-9-24(28)8-7-21-13/h7-9,12,26H,4-6,10H2,1-3H3,(H,22,27)/t12-/m1/s1. The largest absolute Gasteiger partial charge is 0.619 e. The summed E-state index contributed by atoms with van der Waals surface area (Å²) in [6.07, 6.45) is 3.41. The molecule has 0 saturated carbocycles. The number of carbonyl (C=O) groups excluding carboxylic acids is 1. The molecule has 0 unspecified atom stereocenters. The summed E-state index contributed by atoms with van der Waals surface area (Å²) in [6.45, 7) is 5.23. The molecule has 0 spiro atoms. The third-order valence-electron chi connectivity index (χ3n) is 4.88. The van der Waals surface area contributed by atoms with E-state index in [9.17, 15) is 23.9 Å². The highest BCUT2D eigenvalue weighted by molar-refractivity contribution is 5.94. The number of rotatable bonds is 4. The Balaban J connectivity index is 2.09. The third kappa shape index (κ3) is 3.68. The summed E-state index contributed by atoms with van der Waals surface area (Å²) in [4.78, 5) is 16.8. The third-order valence-corrected chi connectivity index (χ3v) is 4.88. The molecular formula is C18H23F2N5O3. The van der Waals surface area contributed by atoms with Gasteiger partial charge in [-0.1, -0.05) is 20.8 Å². The number of aliphatic hydroxyl groups is 1. The van der Waals surface area contributed by atoms with Crippen molar-refractivity contribution in [1.82, 2.24) is 20.1 Å². The van der Waals surface area contributed by atoms with Crippen LogP contribution >= 0.6 is 0 Å². The zero-order valence-electron chi connectivity index (χ0n) is 15.9. The number of aromatic nitrogens is 4. The van der Waals surface area contributed by atoms with Crippen molar-refractivity contribution in [2.45, 2.75) is 52.0 Å². The average Bonchev–Trinajstić information content (AvgIpc) is 2.99. The van der Waals surface area contributed by atoms with Gasteiger partial charge in [-0.05, 0) is 18.3 Å². The van der Waals surface area contributed by atoms with Gasteiger partial charge in [-0.2, -0.15) is 18.6 Å². The van der Waals surface area contributed by atoms with Gasteiger partial charge in [0, 0.05) is 12.0 Å². The van der Waals surface area contributed by atoms with Crippen LogP contribution in [0.5, 0.6) is 0 Å². The number of alkyl halides is 2. The number of hydrogen-bond donors (Lipinski definition) is 2. The second-order valence-corrected chi connectivity index (χ2v) is 7.99. The molecule has 0 radical (unpaired) electrons. The molecule has 152 valence electrons. The minimum Gasteiger partial charge on any atom is -0.619 e.